The average Bonchev–Trinajstić information content (AvgIpc) is 2.51. The first-order chi connectivity index (χ1) is 10.9. The summed E-state index contributed by atoms with van der Waals surface area (Å²) >= 11 is 0. The average molecular weight is 336 g/mol. The van der Waals surface area contributed by atoms with Crippen molar-refractivity contribution in [2.75, 3.05) is 19.3 Å². The maximum atomic E-state index is 12.4. The quantitative estimate of drug-likeness (QED) is 0.919. The van der Waals surface area contributed by atoms with Crippen LogP contribution in [0.1, 0.15) is 31.4 Å². The summed E-state index contributed by atoms with van der Waals surface area (Å²) in [6, 6.07) is 9.96. The molecule has 0 aliphatic carbocycles. The highest BCUT2D eigenvalue weighted by atomic mass is 32.2. The predicted octanol–water partition coefficient (Wildman–Crippen LogP) is 2.73. The number of sulfone groups is 1. The van der Waals surface area contributed by atoms with E-state index in [2.05, 4.69) is 12.2 Å². The van der Waals surface area contributed by atoms with Gasteiger partial charge in [-0.3, -0.25) is 0 Å². The van der Waals surface area contributed by atoms with Gasteiger partial charge in [-0.05, 0) is 24.3 Å². The number of piperidine rings is 1. The van der Waals surface area contributed by atoms with Gasteiger partial charge in [0, 0.05) is 24.8 Å². The van der Waals surface area contributed by atoms with E-state index in [9.17, 15) is 13.2 Å². The first kappa shape index (κ1) is 17.5. The largest absolute Gasteiger partial charge is 0.334 e. The van der Waals surface area contributed by atoms with E-state index in [0.717, 1.165) is 30.1 Å². The van der Waals surface area contributed by atoms with Crippen molar-refractivity contribution < 1.29 is 13.2 Å². The number of carbonyl (C=O) groups excluding carboxylic acids is 1. The highest BCUT2D eigenvalue weighted by Crippen LogP contribution is 2.33. The summed E-state index contributed by atoms with van der Waals surface area (Å²) in [5.41, 5.74) is 1.14. The van der Waals surface area contributed by atoms with E-state index >= 15 is 0 Å². The monoisotopic (exact) mass is 336 g/mol. The number of amides is 2. The number of likely N-dealkylation sites (tertiary alicyclic amines) is 1. The topological polar surface area (TPSA) is 66.5 Å². The zero-order chi connectivity index (χ0) is 16.9. The van der Waals surface area contributed by atoms with Crippen LogP contribution >= 0.6 is 0 Å². The normalized spacial score (nSPS) is 22.3. The summed E-state index contributed by atoms with van der Waals surface area (Å²) < 4.78 is 22.1. The van der Waals surface area contributed by atoms with Gasteiger partial charge in [-0.15, -0.1) is 0 Å². The molecule has 1 fully saturated rings. The summed E-state index contributed by atoms with van der Waals surface area (Å²) in [4.78, 5) is 14.3. The molecule has 6 heteroatoms. The van der Waals surface area contributed by atoms with Crippen molar-refractivity contribution in [2.45, 2.75) is 25.8 Å². The van der Waals surface area contributed by atoms with Gasteiger partial charge in [0.15, 0.2) is 9.84 Å². The van der Waals surface area contributed by atoms with Crippen molar-refractivity contribution in [3.05, 3.63) is 47.4 Å². The van der Waals surface area contributed by atoms with Crippen molar-refractivity contribution in [1.29, 1.82) is 0 Å². The van der Waals surface area contributed by atoms with Gasteiger partial charge >= 0.3 is 6.03 Å². The second kappa shape index (κ2) is 7.64. The lowest BCUT2D eigenvalue weighted by Gasteiger charge is -2.38. The summed E-state index contributed by atoms with van der Waals surface area (Å²) in [6.45, 7) is 3.13. The van der Waals surface area contributed by atoms with Crippen molar-refractivity contribution >= 4 is 15.9 Å². The number of nitrogens with one attached hydrogen (secondary N) is 1. The van der Waals surface area contributed by atoms with Crippen molar-refractivity contribution in [3.8, 4) is 0 Å². The number of carbonyl (C=O) groups is 1. The Kier molecular flexibility index (Phi) is 5.82. The summed E-state index contributed by atoms with van der Waals surface area (Å²) in [6.07, 6.45) is 4.51. The lowest BCUT2D eigenvalue weighted by Crippen LogP contribution is -2.46. The van der Waals surface area contributed by atoms with Gasteiger partial charge in [-0.1, -0.05) is 43.3 Å². The Bertz CT molecular complexity index is 656. The maximum Gasteiger partial charge on any atom is 0.318 e. The molecule has 1 saturated heterocycles. The van der Waals surface area contributed by atoms with E-state index in [-0.39, 0.29) is 18.6 Å². The van der Waals surface area contributed by atoms with E-state index in [4.69, 9.17) is 0 Å². The summed E-state index contributed by atoms with van der Waals surface area (Å²) in [5.74, 6) is 0.578. The molecular formula is C17H24N2O3S. The summed E-state index contributed by atoms with van der Waals surface area (Å²) in [5, 5.41) is 3.89. The number of benzene rings is 1. The maximum absolute atomic E-state index is 12.4. The molecule has 2 atom stereocenters. The fraction of sp³-hybridized carbons (Fsp3) is 0.471. The number of hydrogen-bond donors (Lipinski definition) is 1. The molecule has 1 aromatic carbocycles. The molecule has 1 aliphatic heterocycles. The zero-order valence-electron chi connectivity index (χ0n) is 13.6. The molecule has 0 unspecified atom stereocenters. The molecule has 0 bridgehead atoms. The zero-order valence-corrected chi connectivity index (χ0v) is 14.4. The Hall–Kier alpha value is -1.82. The minimum Gasteiger partial charge on any atom is -0.334 e. The van der Waals surface area contributed by atoms with Gasteiger partial charge in [0.05, 0.1) is 6.04 Å². The molecule has 2 amide bonds. The fourth-order valence-electron chi connectivity index (χ4n) is 2.85. The van der Waals surface area contributed by atoms with Crippen molar-refractivity contribution in [2.24, 2.45) is 5.92 Å². The Labute approximate surface area is 138 Å². The first-order valence-corrected chi connectivity index (χ1v) is 9.78. The Morgan fingerprint density at radius 3 is 2.70 bits per heavy atom. The highest BCUT2D eigenvalue weighted by Gasteiger charge is 2.30. The number of urea groups is 1. The molecule has 0 radical (unpaired) electrons. The molecule has 0 aromatic heterocycles. The first-order valence-electron chi connectivity index (χ1n) is 7.83. The van der Waals surface area contributed by atoms with Crippen LogP contribution in [0.25, 0.3) is 0 Å². The van der Waals surface area contributed by atoms with Crippen LogP contribution in [0.15, 0.2) is 41.8 Å². The molecular weight excluding hydrogens is 312 g/mol. The van der Waals surface area contributed by atoms with E-state index < -0.39 is 9.84 Å². The third-order valence-electron chi connectivity index (χ3n) is 4.02. The van der Waals surface area contributed by atoms with Crippen LogP contribution < -0.4 is 5.32 Å². The lowest BCUT2D eigenvalue weighted by molar-refractivity contribution is 0.132. The Balaban J connectivity index is 2.03. The van der Waals surface area contributed by atoms with Gasteiger partial charge < -0.3 is 10.2 Å². The van der Waals surface area contributed by atoms with Gasteiger partial charge in [-0.2, -0.15) is 0 Å². The molecule has 1 N–H and O–H groups in total. The second-order valence-corrected chi connectivity index (χ2v) is 8.07. The lowest BCUT2D eigenvalue weighted by atomic mass is 9.88. The van der Waals surface area contributed by atoms with Crippen LogP contribution in [-0.4, -0.2) is 38.7 Å². The van der Waals surface area contributed by atoms with E-state index in [0.29, 0.717) is 12.5 Å². The number of nitrogens with zero attached hydrogens (tertiary/aromatic N) is 1. The molecule has 0 spiro atoms. The van der Waals surface area contributed by atoms with Gasteiger partial charge in [-0.25, -0.2) is 13.2 Å². The molecule has 1 heterocycles. The standard InChI is InChI=1S/C17H24N2O3S/c1-14-9-11-19(16(13-14)15-7-4-3-5-8-15)17(20)18-10-6-12-23(2,21)22/h3-8,12,14,16H,9-11,13H2,1-2H3,(H,18,20)/b12-6+/t14-,16+/m1/s1. The highest BCUT2D eigenvalue weighted by molar-refractivity contribution is 7.93. The Morgan fingerprint density at radius 2 is 2.04 bits per heavy atom. The molecule has 0 saturated carbocycles. The van der Waals surface area contributed by atoms with Crippen LogP contribution in [0.4, 0.5) is 4.79 Å². The van der Waals surface area contributed by atoms with Crippen LogP contribution in [-0.2, 0) is 9.84 Å². The van der Waals surface area contributed by atoms with Crippen LogP contribution in [0.3, 0.4) is 0 Å². The molecule has 126 valence electrons. The third kappa shape index (κ3) is 5.39. The smallest absolute Gasteiger partial charge is 0.318 e. The molecule has 1 aliphatic rings. The molecule has 23 heavy (non-hydrogen) atoms. The predicted molar refractivity (Wildman–Crippen MR) is 91.7 cm³/mol. The number of hydrogen-bond acceptors (Lipinski definition) is 3. The SMILES string of the molecule is C[C@@H]1CCN(C(=O)NC/C=C/S(C)(=O)=O)[C@H](c2ccccc2)C1. The van der Waals surface area contributed by atoms with E-state index in [1.54, 1.807) is 0 Å². The van der Waals surface area contributed by atoms with Crippen molar-refractivity contribution in [3.63, 3.8) is 0 Å². The second-order valence-electron chi connectivity index (χ2n) is 6.14. The number of rotatable bonds is 4. The molecule has 5 nitrogen and oxygen atoms in total. The van der Waals surface area contributed by atoms with E-state index in [1.807, 2.05) is 35.2 Å². The molecule has 2 rings (SSSR count). The van der Waals surface area contributed by atoms with Gasteiger partial charge in [0.25, 0.3) is 0 Å². The third-order valence-corrected chi connectivity index (χ3v) is 4.71. The molecule has 1 aromatic rings. The Morgan fingerprint density at radius 1 is 1.35 bits per heavy atom. The minimum absolute atomic E-state index is 0.0684. The van der Waals surface area contributed by atoms with Crippen LogP contribution in [0, 0.1) is 5.92 Å². The summed E-state index contributed by atoms with van der Waals surface area (Å²) in [7, 11) is -3.15. The fourth-order valence-corrected chi connectivity index (χ4v) is 3.29. The van der Waals surface area contributed by atoms with Crippen LogP contribution in [0.5, 0.6) is 0 Å². The van der Waals surface area contributed by atoms with E-state index in [1.165, 1.54) is 6.08 Å². The van der Waals surface area contributed by atoms with Gasteiger partial charge in [0.1, 0.15) is 0 Å². The van der Waals surface area contributed by atoms with Gasteiger partial charge in [0.2, 0.25) is 0 Å². The van der Waals surface area contributed by atoms with Crippen LogP contribution in [0.2, 0.25) is 0 Å². The van der Waals surface area contributed by atoms with Crippen molar-refractivity contribution in [1.82, 2.24) is 10.2 Å². The minimum atomic E-state index is -3.15.